The highest BCUT2D eigenvalue weighted by atomic mass is 35.5. The highest BCUT2D eigenvalue weighted by Crippen LogP contribution is 2.23. The van der Waals surface area contributed by atoms with E-state index in [-0.39, 0.29) is 0 Å². The predicted octanol–water partition coefficient (Wildman–Crippen LogP) is 2.92. The van der Waals surface area contributed by atoms with Crippen LogP contribution in [0.4, 0.5) is 0 Å². The average Bonchev–Trinajstić information content (AvgIpc) is 2.63. The molecule has 0 aliphatic heterocycles. The van der Waals surface area contributed by atoms with Crippen LogP contribution in [-0.2, 0) is 6.42 Å². The first kappa shape index (κ1) is 13.3. The number of nitrogens with two attached hydrogens (primary N) is 1. The standard InChI is InChI=1S/C10H17ClN2S2/c1-2-5-14-7-8(13-12)6-9-3-4-10(11)15-9/h3-4,8,13H,2,5-7,12H2,1H3. The van der Waals surface area contributed by atoms with Crippen LogP contribution in [0.25, 0.3) is 0 Å². The van der Waals surface area contributed by atoms with Crippen molar-refractivity contribution < 1.29 is 0 Å². The van der Waals surface area contributed by atoms with Crippen LogP contribution < -0.4 is 11.3 Å². The quantitative estimate of drug-likeness (QED) is 0.452. The molecule has 0 saturated heterocycles. The van der Waals surface area contributed by atoms with E-state index < -0.39 is 0 Å². The van der Waals surface area contributed by atoms with Crippen molar-refractivity contribution in [2.45, 2.75) is 25.8 Å². The van der Waals surface area contributed by atoms with E-state index in [1.54, 1.807) is 11.3 Å². The molecular formula is C10H17ClN2S2. The number of halogens is 1. The molecule has 0 aliphatic rings. The molecule has 0 fully saturated rings. The minimum atomic E-state index is 0.344. The largest absolute Gasteiger partial charge is 0.271 e. The summed E-state index contributed by atoms with van der Waals surface area (Å²) in [6.07, 6.45) is 2.18. The smallest absolute Gasteiger partial charge is 0.0931 e. The summed E-state index contributed by atoms with van der Waals surface area (Å²) < 4.78 is 0.849. The van der Waals surface area contributed by atoms with E-state index in [2.05, 4.69) is 18.4 Å². The number of nitrogens with one attached hydrogen (secondary N) is 1. The van der Waals surface area contributed by atoms with Crippen LogP contribution in [0, 0.1) is 0 Å². The van der Waals surface area contributed by atoms with Gasteiger partial charge in [-0.3, -0.25) is 11.3 Å². The minimum Gasteiger partial charge on any atom is -0.271 e. The average molecular weight is 265 g/mol. The summed E-state index contributed by atoms with van der Waals surface area (Å²) >= 11 is 9.45. The molecule has 15 heavy (non-hydrogen) atoms. The van der Waals surface area contributed by atoms with Crippen LogP contribution in [-0.4, -0.2) is 17.5 Å². The molecule has 2 nitrogen and oxygen atoms in total. The lowest BCUT2D eigenvalue weighted by Gasteiger charge is -2.13. The van der Waals surface area contributed by atoms with Gasteiger partial charge in [-0.05, 0) is 30.7 Å². The predicted molar refractivity (Wildman–Crippen MR) is 71.8 cm³/mol. The Balaban J connectivity index is 2.33. The highest BCUT2D eigenvalue weighted by molar-refractivity contribution is 7.99. The van der Waals surface area contributed by atoms with E-state index in [9.17, 15) is 0 Å². The molecule has 5 heteroatoms. The van der Waals surface area contributed by atoms with Crippen molar-refractivity contribution in [3.05, 3.63) is 21.3 Å². The van der Waals surface area contributed by atoms with E-state index in [4.69, 9.17) is 17.4 Å². The third kappa shape index (κ3) is 5.22. The Bertz CT molecular complexity index is 278. The molecule has 0 bridgehead atoms. The summed E-state index contributed by atoms with van der Waals surface area (Å²) in [4.78, 5) is 1.29. The Morgan fingerprint density at radius 2 is 2.40 bits per heavy atom. The maximum atomic E-state index is 5.88. The second-order valence-electron chi connectivity index (χ2n) is 3.35. The molecule has 0 radical (unpaired) electrons. The molecule has 1 aromatic rings. The van der Waals surface area contributed by atoms with Gasteiger partial charge in [0.05, 0.1) is 4.34 Å². The van der Waals surface area contributed by atoms with Gasteiger partial charge in [-0.25, -0.2) is 0 Å². The number of thiophene rings is 1. The highest BCUT2D eigenvalue weighted by Gasteiger charge is 2.09. The Morgan fingerprint density at radius 1 is 1.60 bits per heavy atom. The fourth-order valence-electron chi connectivity index (χ4n) is 1.24. The topological polar surface area (TPSA) is 38.0 Å². The molecule has 1 aromatic heterocycles. The van der Waals surface area contributed by atoms with Crippen molar-refractivity contribution in [2.24, 2.45) is 5.84 Å². The van der Waals surface area contributed by atoms with E-state index in [0.29, 0.717) is 6.04 Å². The SMILES string of the molecule is CCCSCC(Cc1ccc(Cl)s1)NN. The number of rotatable bonds is 7. The fraction of sp³-hybridized carbons (Fsp3) is 0.600. The third-order valence-electron chi connectivity index (χ3n) is 1.98. The Kier molecular flexibility index (Phi) is 6.68. The van der Waals surface area contributed by atoms with Gasteiger partial charge in [-0.15, -0.1) is 11.3 Å². The van der Waals surface area contributed by atoms with Gasteiger partial charge < -0.3 is 0 Å². The number of hydrazine groups is 1. The molecule has 0 aromatic carbocycles. The van der Waals surface area contributed by atoms with E-state index in [1.165, 1.54) is 17.1 Å². The first-order valence-corrected chi connectivity index (χ1v) is 7.39. The molecule has 1 atom stereocenters. The van der Waals surface area contributed by atoms with Crippen LogP contribution >= 0.6 is 34.7 Å². The van der Waals surface area contributed by atoms with Crippen molar-refractivity contribution in [3.63, 3.8) is 0 Å². The Morgan fingerprint density at radius 3 is 2.93 bits per heavy atom. The Hall–Kier alpha value is 0.260. The van der Waals surface area contributed by atoms with Crippen LogP contribution in [0.3, 0.4) is 0 Å². The van der Waals surface area contributed by atoms with Gasteiger partial charge in [0.2, 0.25) is 0 Å². The van der Waals surface area contributed by atoms with Gasteiger partial charge >= 0.3 is 0 Å². The fourth-order valence-corrected chi connectivity index (χ4v) is 3.36. The number of hydrogen-bond acceptors (Lipinski definition) is 4. The van der Waals surface area contributed by atoms with Gasteiger partial charge in [-0.1, -0.05) is 18.5 Å². The molecule has 1 rings (SSSR count). The summed E-state index contributed by atoms with van der Waals surface area (Å²) in [5.74, 6) is 7.77. The third-order valence-corrected chi connectivity index (χ3v) is 4.57. The van der Waals surface area contributed by atoms with Gasteiger partial charge in [0, 0.05) is 16.7 Å². The van der Waals surface area contributed by atoms with Crippen molar-refractivity contribution in [3.8, 4) is 0 Å². The number of thioether (sulfide) groups is 1. The molecule has 1 unspecified atom stereocenters. The molecular weight excluding hydrogens is 248 g/mol. The Labute approximate surface area is 105 Å². The maximum absolute atomic E-state index is 5.88. The van der Waals surface area contributed by atoms with Crippen molar-refractivity contribution >= 4 is 34.7 Å². The molecule has 86 valence electrons. The summed E-state index contributed by atoms with van der Waals surface area (Å²) in [5, 5.41) is 0. The lowest BCUT2D eigenvalue weighted by atomic mass is 10.2. The van der Waals surface area contributed by atoms with Gasteiger partial charge in [0.1, 0.15) is 0 Å². The monoisotopic (exact) mass is 264 g/mol. The van der Waals surface area contributed by atoms with E-state index in [0.717, 1.165) is 16.5 Å². The van der Waals surface area contributed by atoms with Crippen molar-refractivity contribution in [1.82, 2.24) is 5.43 Å². The van der Waals surface area contributed by atoms with Crippen LogP contribution in [0.15, 0.2) is 12.1 Å². The zero-order chi connectivity index (χ0) is 11.1. The molecule has 0 spiro atoms. The van der Waals surface area contributed by atoms with E-state index >= 15 is 0 Å². The molecule has 1 heterocycles. The van der Waals surface area contributed by atoms with Crippen LogP contribution in [0.2, 0.25) is 4.34 Å². The second kappa shape index (κ2) is 7.52. The molecule has 0 aliphatic carbocycles. The normalized spacial score (nSPS) is 13.0. The summed E-state index contributed by atoms with van der Waals surface area (Å²) in [6.45, 7) is 2.19. The molecule has 0 saturated carbocycles. The van der Waals surface area contributed by atoms with Gasteiger partial charge in [0.15, 0.2) is 0 Å². The van der Waals surface area contributed by atoms with Crippen LogP contribution in [0.5, 0.6) is 0 Å². The lowest BCUT2D eigenvalue weighted by Crippen LogP contribution is -2.38. The van der Waals surface area contributed by atoms with E-state index in [1.807, 2.05) is 17.8 Å². The second-order valence-corrected chi connectivity index (χ2v) is 6.30. The zero-order valence-electron chi connectivity index (χ0n) is 8.83. The summed E-state index contributed by atoms with van der Waals surface area (Å²) in [7, 11) is 0. The minimum absolute atomic E-state index is 0.344. The first-order valence-electron chi connectivity index (χ1n) is 5.04. The summed E-state index contributed by atoms with van der Waals surface area (Å²) in [6, 6.07) is 4.35. The zero-order valence-corrected chi connectivity index (χ0v) is 11.2. The molecule has 0 amide bonds. The van der Waals surface area contributed by atoms with Crippen molar-refractivity contribution in [2.75, 3.05) is 11.5 Å². The first-order chi connectivity index (χ1) is 7.26. The van der Waals surface area contributed by atoms with Gasteiger partial charge in [-0.2, -0.15) is 11.8 Å². The van der Waals surface area contributed by atoms with Gasteiger partial charge in [0.25, 0.3) is 0 Å². The van der Waals surface area contributed by atoms with Crippen LogP contribution in [0.1, 0.15) is 18.2 Å². The molecule has 3 N–H and O–H groups in total. The maximum Gasteiger partial charge on any atom is 0.0931 e. The lowest BCUT2D eigenvalue weighted by molar-refractivity contribution is 0.579. The summed E-state index contributed by atoms with van der Waals surface area (Å²) in [5.41, 5.74) is 2.86. The van der Waals surface area contributed by atoms with Crippen molar-refractivity contribution in [1.29, 1.82) is 0 Å². The number of hydrogen-bond donors (Lipinski definition) is 2.